The number of nitrogens with zero attached hydrogens (tertiary/aromatic N) is 2. The maximum absolute atomic E-state index is 13.2. The monoisotopic (exact) mass is 359 g/mol. The summed E-state index contributed by atoms with van der Waals surface area (Å²) in [6.45, 7) is 4.49. The second-order valence-corrected chi connectivity index (χ2v) is 8.05. The fourth-order valence-electron chi connectivity index (χ4n) is 3.68. The van der Waals surface area contributed by atoms with Gasteiger partial charge in [-0.3, -0.25) is 14.2 Å². The number of thioether (sulfide) groups is 1. The first kappa shape index (κ1) is 18.0. The van der Waals surface area contributed by atoms with Crippen molar-refractivity contribution in [1.29, 1.82) is 0 Å². The number of carbonyl (C=O) groups is 1. The molecule has 1 heterocycles. The first-order valence-corrected chi connectivity index (χ1v) is 9.90. The molecule has 1 aromatic heterocycles. The minimum Gasteiger partial charge on any atom is -0.370 e. The van der Waals surface area contributed by atoms with Crippen LogP contribution in [0.5, 0.6) is 0 Å². The van der Waals surface area contributed by atoms with Crippen LogP contribution in [0.25, 0.3) is 10.9 Å². The van der Waals surface area contributed by atoms with E-state index < -0.39 is 0 Å². The summed E-state index contributed by atoms with van der Waals surface area (Å²) in [6.07, 6.45) is 3.61. The molecule has 3 rings (SSSR count). The Morgan fingerprint density at radius 1 is 1.32 bits per heavy atom. The number of hydrogen-bond acceptors (Lipinski definition) is 4. The summed E-state index contributed by atoms with van der Waals surface area (Å²) in [5, 5.41) is 1.36. The van der Waals surface area contributed by atoms with Crippen molar-refractivity contribution in [2.75, 3.05) is 5.75 Å². The Bertz CT molecular complexity index is 833. The molecule has 25 heavy (non-hydrogen) atoms. The van der Waals surface area contributed by atoms with Crippen molar-refractivity contribution < 1.29 is 4.79 Å². The van der Waals surface area contributed by atoms with E-state index >= 15 is 0 Å². The molecule has 1 amide bonds. The number of rotatable bonds is 5. The molecular formula is C19H25N3O2S. The van der Waals surface area contributed by atoms with Crippen molar-refractivity contribution >= 4 is 28.6 Å². The van der Waals surface area contributed by atoms with Gasteiger partial charge in [0.15, 0.2) is 5.16 Å². The minimum absolute atomic E-state index is 0.0260. The number of aromatic nitrogens is 2. The zero-order chi connectivity index (χ0) is 18.0. The van der Waals surface area contributed by atoms with E-state index in [-0.39, 0.29) is 23.9 Å². The Labute approximate surface area is 152 Å². The van der Waals surface area contributed by atoms with Gasteiger partial charge in [0.2, 0.25) is 5.91 Å². The SMILES string of the molecule is C[C@@H]1[C@@H](C)CCC[C@@H]1n1c(SCCC(N)=O)nc2ccccc2c1=O. The molecule has 134 valence electrons. The van der Waals surface area contributed by atoms with Gasteiger partial charge in [0.25, 0.3) is 5.56 Å². The summed E-state index contributed by atoms with van der Waals surface area (Å²) < 4.78 is 1.88. The van der Waals surface area contributed by atoms with Gasteiger partial charge in [0.1, 0.15) is 0 Å². The molecule has 3 atom stereocenters. The summed E-state index contributed by atoms with van der Waals surface area (Å²) >= 11 is 1.45. The number of amides is 1. The molecule has 1 aliphatic carbocycles. The number of fused-ring (bicyclic) bond motifs is 1. The van der Waals surface area contributed by atoms with Crippen molar-refractivity contribution in [3.8, 4) is 0 Å². The molecule has 1 aliphatic rings. The molecule has 6 heteroatoms. The van der Waals surface area contributed by atoms with Crippen molar-refractivity contribution in [3.05, 3.63) is 34.6 Å². The van der Waals surface area contributed by atoms with Gasteiger partial charge in [-0.25, -0.2) is 4.98 Å². The predicted octanol–water partition coefficient (Wildman–Crippen LogP) is 3.36. The molecule has 1 fully saturated rings. The third kappa shape index (κ3) is 3.73. The topological polar surface area (TPSA) is 78.0 Å². The summed E-state index contributed by atoms with van der Waals surface area (Å²) in [5.41, 5.74) is 5.99. The normalized spacial score (nSPS) is 23.7. The fraction of sp³-hybridized carbons (Fsp3) is 0.526. The number of carbonyl (C=O) groups excluding carboxylic acids is 1. The maximum Gasteiger partial charge on any atom is 0.262 e. The van der Waals surface area contributed by atoms with Crippen LogP contribution >= 0.6 is 11.8 Å². The summed E-state index contributed by atoms with van der Waals surface area (Å²) in [7, 11) is 0. The highest BCUT2D eigenvalue weighted by Gasteiger charge is 2.31. The van der Waals surface area contributed by atoms with Gasteiger partial charge in [-0.15, -0.1) is 0 Å². The van der Waals surface area contributed by atoms with E-state index in [1.807, 2.05) is 28.8 Å². The van der Waals surface area contributed by atoms with E-state index in [9.17, 15) is 9.59 Å². The lowest BCUT2D eigenvalue weighted by Crippen LogP contribution is -2.35. The van der Waals surface area contributed by atoms with Crippen LogP contribution in [-0.4, -0.2) is 21.2 Å². The highest BCUT2D eigenvalue weighted by molar-refractivity contribution is 7.99. The van der Waals surface area contributed by atoms with E-state index in [0.717, 1.165) is 12.8 Å². The van der Waals surface area contributed by atoms with Crippen molar-refractivity contribution in [1.82, 2.24) is 9.55 Å². The van der Waals surface area contributed by atoms with E-state index in [4.69, 9.17) is 10.7 Å². The standard InChI is InChI=1S/C19H25N3O2S/c1-12-6-5-9-16(13(12)2)22-18(24)14-7-3-4-8-15(14)21-19(22)25-11-10-17(20)23/h3-4,7-8,12-13,16H,5-6,9-11H2,1-2H3,(H2,20,23)/t12-,13+,16-/m0/s1. The smallest absolute Gasteiger partial charge is 0.262 e. The second-order valence-electron chi connectivity index (χ2n) is 6.99. The molecule has 1 saturated carbocycles. The lowest BCUT2D eigenvalue weighted by Gasteiger charge is -2.36. The largest absolute Gasteiger partial charge is 0.370 e. The zero-order valence-electron chi connectivity index (χ0n) is 14.8. The van der Waals surface area contributed by atoms with Crippen molar-refractivity contribution in [3.63, 3.8) is 0 Å². The van der Waals surface area contributed by atoms with E-state index in [1.165, 1.54) is 18.2 Å². The third-order valence-corrected chi connectivity index (χ3v) is 6.30. The minimum atomic E-state index is -0.332. The molecule has 2 N–H and O–H groups in total. The van der Waals surface area contributed by atoms with Gasteiger partial charge in [-0.1, -0.05) is 50.6 Å². The maximum atomic E-state index is 13.2. The second kappa shape index (κ2) is 7.60. The Morgan fingerprint density at radius 3 is 2.84 bits per heavy atom. The van der Waals surface area contributed by atoms with Crippen LogP contribution in [-0.2, 0) is 4.79 Å². The molecule has 0 unspecified atom stereocenters. The zero-order valence-corrected chi connectivity index (χ0v) is 15.6. The molecular weight excluding hydrogens is 334 g/mol. The Hall–Kier alpha value is -1.82. The first-order chi connectivity index (χ1) is 12.0. The molecule has 0 radical (unpaired) electrons. The van der Waals surface area contributed by atoms with Gasteiger partial charge >= 0.3 is 0 Å². The van der Waals surface area contributed by atoms with Gasteiger partial charge in [0.05, 0.1) is 10.9 Å². The van der Waals surface area contributed by atoms with Crippen LogP contribution in [0, 0.1) is 11.8 Å². The highest BCUT2D eigenvalue weighted by Crippen LogP contribution is 2.38. The Morgan fingerprint density at radius 2 is 2.08 bits per heavy atom. The van der Waals surface area contributed by atoms with Crippen LogP contribution in [0.3, 0.4) is 0 Å². The van der Waals surface area contributed by atoms with E-state index in [0.29, 0.717) is 33.6 Å². The average molecular weight is 359 g/mol. The van der Waals surface area contributed by atoms with E-state index in [2.05, 4.69) is 13.8 Å². The molecule has 1 aromatic carbocycles. The summed E-state index contributed by atoms with van der Waals surface area (Å²) in [5.74, 6) is 1.21. The predicted molar refractivity (Wildman–Crippen MR) is 102 cm³/mol. The van der Waals surface area contributed by atoms with Crippen LogP contribution in [0.15, 0.2) is 34.2 Å². The highest BCUT2D eigenvalue weighted by atomic mass is 32.2. The van der Waals surface area contributed by atoms with Gasteiger partial charge in [-0.05, 0) is 30.4 Å². The van der Waals surface area contributed by atoms with Crippen molar-refractivity contribution in [2.24, 2.45) is 17.6 Å². The molecule has 0 saturated heterocycles. The summed E-state index contributed by atoms with van der Waals surface area (Å²) in [6, 6.07) is 7.64. The molecule has 2 aromatic rings. The number of nitrogens with two attached hydrogens (primary N) is 1. The lowest BCUT2D eigenvalue weighted by atomic mass is 9.78. The fourth-order valence-corrected chi connectivity index (χ4v) is 4.69. The van der Waals surface area contributed by atoms with Crippen LogP contribution < -0.4 is 11.3 Å². The van der Waals surface area contributed by atoms with Crippen molar-refractivity contribution in [2.45, 2.75) is 50.7 Å². The first-order valence-electron chi connectivity index (χ1n) is 8.91. The summed E-state index contributed by atoms with van der Waals surface area (Å²) in [4.78, 5) is 29.0. The number of hydrogen-bond donors (Lipinski definition) is 1. The molecule has 5 nitrogen and oxygen atoms in total. The van der Waals surface area contributed by atoms with Crippen LogP contribution in [0.4, 0.5) is 0 Å². The third-order valence-electron chi connectivity index (χ3n) is 5.35. The lowest BCUT2D eigenvalue weighted by molar-refractivity contribution is -0.117. The number of benzene rings is 1. The molecule has 0 aliphatic heterocycles. The Balaban J connectivity index is 2.08. The number of para-hydroxylation sites is 1. The van der Waals surface area contributed by atoms with Gasteiger partial charge in [-0.2, -0.15) is 0 Å². The quantitative estimate of drug-likeness (QED) is 0.656. The molecule has 0 bridgehead atoms. The average Bonchev–Trinajstić information content (AvgIpc) is 2.58. The Kier molecular flexibility index (Phi) is 5.47. The van der Waals surface area contributed by atoms with Crippen LogP contribution in [0.2, 0.25) is 0 Å². The van der Waals surface area contributed by atoms with Crippen LogP contribution in [0.1, 0.15) is 45.6 Å². The molecule has 0 spiro atoms. The van der Waals surface area contributed by atoms with Gasteiger partial charge in [0, 0.05) is 18.2 Å². The van der Waals surface area contributed by atoms with Gasteiger partial charge < -0.3 is 5.73 Å². The van der Waals surface area contributed by atoms with E-state index in [1.54, 1.807) is 0 Å². The number of primary amides is 1.